The molecule has 0 aliphatic carbocycles. The van der Waals surface area contributed by atoms with Crippen molar-refractivity contribution in [1.29, 1.82) is 0 Å². The zero-order chi connectivity index (χ0) is 15.1. The Balaban J connectivity index is 2.13. The lowest BCUT2D eigenvalue weighted by atomic mass is 9.83. The summed E-state index contributed by atoms with van der Waals surface area (Å²) in [4.78, 5) is 2.72. The fourth-order valence-corrected chi connectivity index (χ4v) is 3.56. The number of rotatable bonds is 8. The molecule has 3 heteroatoms. The van der Waals surface area contributed by atoms with Crippen molar-refractivity contribution >= 4 is 0 Å². The highest BCUT2D eigenvalue weighted by molar-refractivity contribution is 5.06. The van der Waals surface area contributed by atoms with Gasteiger partial charge in [-0.1, -0.05) is 20.3 Å². The van der Waals surface area contributed by atoms with Crippen LogP contribution >= 0.6 is 0 Å². The molecular weight excluding hydrogens is 260 g/mol. The van der Waals surface area contributed by atoms with Gasteiger partial charge in [0.1, 0.15) is 5.76 Å². The normalized spacial score (nSPS) is 21.1. The van der Waals surface area contributed by atoms with E-state index >= 15 is 0 Å². The van der Waals surface area contributed by atoms with Crippen LogP contribution < -0.4 is 5.32 Å². The van der Waals surface area contributed by atoms with E-state index in [0.717, 1.165) is 18.7 Å². The van der Waals surface area contributed by atoms with Gasteiger partial charge in [0.05, 0.1) is 6.26 Å². The number of likely N-dealkylation sites (tertiary alicyclic amines) is 1. The van der Waals surface area contributed by atoms with Crippen LogP contribution in [0.15, 0.2) is 22.8 Å². The first-order valence-electron chi connectivity index (χ1n) is 8.71. The molecule has 0 saturated carbocycles. The number of nitrogens with zero attached hydrogens (tertiary/aromatic N) is 1. The van der Waals surface area contributed by atoms with Crippen molar-refractivity contribution in [3.63, 3.8) is 0 Å². The maximum absolute atomic E-state index is 5.61. The minimum absolute atomic E-state index is 0.211. The van der Waals surface area contributed by atoms with E-state index in [1.807, 2.05) is 6.07 Å². The Bertz CT molecular complexity index is 384. The Hall–Kier alpha value is -0.800. The average molecular weight is 292 g/mol. The molecule has 1 N–H and O–H groups in total. The molecule has 1 fully saturated rings. The fourth-order valence-electron chi connectivity index (χ4n) is 3.56. The summed E-state index contributed by atoms with van der Waals surface area (Å²) < 4.78 is 5.61. The molecule has 1 aromatic heterocycles. The monoisotopic (exact) mass is 292 g/mol. The van der Waals surface area contributed by atoms with Crippen molar-refractivity contribution in [3.05, 3.63) is 24.2 Å². The van der Waals surface area contributed by atoms with Crippen molar-refractivity contribution in [2.24, 2.45) is 0 Å². The van der Waals surface area contributed by atoms with Gasteiger partial charge < -0.3 is 9.73 Å². The Labute approximate surface area is 130 Å². The zero-order valence-corrected chi connectivity index (χ0v) is 14.0. The minimum atomic E-state index is 0.211. The van der Waals surface area contributed by atoms with Gasteiger partial charge in [-0.2, -0.15) is 0 Å². The van der Waals surface area contributed by atoms with Gasteiger partial charge in [0.25, 0.3) is 0 Å². The first-order chi connectivity index (χ1) is 10.2. The van der Waals surface area contributed by atoms with Gasteiger partial charge >= 0.3 is 0 Å². The SMILES string of the molecule is CCCNC(Cc1ccco1)C(C)(CC)N1CCCCC1. The predicted molar refractivity (Wildman–Crippen MR) is 88.6 cm³/mol. The average Bonchev–Trinajstić information content (AvgIpc) is 3.04. The van der Waals surface area contributed by atoms with Crippen molar-refractivity contribution < 1.29 is 4.42 Å². The number of hydrogen-bond donors (Lipinski definition) is 1. The summed E-state index contributed by atoms with van der Waals surface area (Å²) in [5.74, 6) is 1.10. The molecule has 0 radical (unpaired) electrons. The highest BCUT2D eigenvalue weighted by Crippen LogP contribution is 2.29. The van der Waals surface area contributed by atoms with Crippen LogP contribution in [0, 0.1) is 0 Å². The van der Waals surface area contributed by atoms with Gasteiger partial charge in [-0.3, -0.25) is 4.90 Å². The molecule has 1 aliphatic rings. The molecule has 2 atom stereocenters. The molecule has 1 aromatic rings. The second kappa shape index (κ2) is 8.00. The Morgan fingerprint density at radius 3 is 2.62 bits per heavy atom. The van der Waals surface area contributed by atoms with Crippen molar-refractivity contribution in [3.8, 4) is 0 Å². The number of nitrogens with one attached hydrogen (secondary N) is 1. The first kappa shape index (κ1) is 16.6. The minimum Gasteiger partial charge on any atom is -0.469 e. The number of hydrogen-bond acceptors (Lipinski definition) is 3. The van der Waals surface area contributed by atoms with E-state index in [0.29, 0.717) is 6.04 Å². The third kappa shape index (κ3) is 4.10. The van der Waals surface area contributed by atoms with E-state index in [1.165, 1.54) is 45.2 Å². The second-order valence-electron chi connectivity index (χ2n) is 6.55. The van der Waals surface area contributed by atoms with E-state index < -0.39 is 0 Å². The molecule has 0 amide bonds. The molecule has 120 valence electrons. The van der Waals surface area contributed by atoms with E-state index in [-0.39, 0.29) is 5.54 Å². The van der Waals surface area contributed by atoms with Gasteiger partial charge in [0, 0.05) is 18.0 Å². The van der Waals surface area contributed by atoms with Crippen LogP contribution in [0.25, 0.3) is 0 Å². The van der Waals surface area contributed by atoms with Crippen molar-refractivity contribution in [1.82, 2.24) is 10.2 Å². The van der Waals surface area contributed by atoms with Crippen LogP contribution in [0.5, 0.6) is 0 Å². The molecule has 2 rings (SSSR count). The van der Waals surface area contributed by atoms with Crippen LogP contribution in [0.4, 0.5) is 0 Å². The lowest BCUT2D eigenvalue weighted by Gasteiger charge is -2.48. The van der Waals surface area contributed by atoms with Gasteiger partial charge in [-0.15, -0.1) is 0 Å². The van der Waals surface area contributed by atoms with Crippen LogP contribution in [0.3, 0.4) is 0 Å². The molecule has 0 bridgehead atoms. The number of piperidine rings is 1. The Kier molecular flexibility index (Phi) is 6.31. The summed E-state index contributed by atoms with van der Waals surface area (Å²) in [5, 5.41) is 3.79. The summed E-state index contributed by atoms with van der Waals surface area (Å²) >= 11 is 0. The van der Waals surface area contributed by atoms with Crippen LogP contribution in [-0.2, 0) is 6.42 Å². The third-order valence-corrected chi connectivity index (χ3v) is 5.17. The summed E-state index contributed by atoms with van der Waals surface area (Å²) in [7, 11) is 0. The molecule has 1 aliphatic heterocycles. The summed E-state index contributed by atoms with van der Waals surface area (Å²) in [6.45, 7) is 10.6. The summed E-state index contributed by atoms with van der Waals surface area (Å²) in [6, 6.07) is 4.55. The fraction of sp³-hybridized carbons (Fsp3) is 0.778. The predicted octanol–water partition coefficient (Wildman–Crippen LogP) is 3.84. The quantitative estimate of drug-likeness (QED) is 0.789. The molecule has 21 heavy (non-hydrogen) atoms. The molecular formula is C18H32N2O. The van der Waals surface area contributed by atoms with E-state index in [9.17, 15) is 0 Å². The Morgan fingerprint density at radius 2 is 2.05 bits per heavy atom. The van der Waals surface area contributed by atoms with E-state index in [4.69, 9.17) is 4.42 Å². The van der Waals surface area contributed by atoms with Gasteiger partial charge in [0.2, 0.25) is 0 Å². The van der Waals surface area contributed by atoms with Crippen LogP contribution in [0.1, 0.15) is 58.6 Å². The van der Waals surface area contributed by atoms with Crippen molar-refractivity contribution in [2.45, 2.75) is 70.9 Å². The molecule has 3 nitrogen and oxygen atoms in total. The maximum Gasteiger partial charge on any atom is 0.105 e. The molecule has 0 spiro atoms. The molecule has 2 heterocycles. The first-order valence-corrected chi connectivity index (χ1v) is 8.71. The second-order valence-corrected chi connectivity index (χ2v) is 6.55. The summed E-state index contributed by atoms with van der Waals surface area (Å²) in [5.41, 5.74) is 0.211. The topological polar surface area (TPSA) is 28.4 Å². The maximum atomic E-state index is 5.61. The lowest BCUT2D eigenvalue weighted by Crippen LogP contribution is -2.61. The molecule has 0 aromatic carbocycles. The number of furan rings is 1. The Morgan fingerprint density at radius 1 is 1.29 bits per heavy atom. The standard InChI is InChI=1S/C18H32N2O/c1-4-11-19-17(15-16-10-9-14-21-16)18(3,5-2)20-12-7-6-8-13-20/h9-10,14,17,19H,4-8,11-13,15H2,1-3H3. The third-order valence-electron chi connectivity index (χ3n) is 5.17. The zero-order valence-electron chi connectivity index (χ0n) is 14.0. The van der Waals surface area contributed by atoms with Crippen LogP contribution in [0.2, 0.25) is 0 Å². The highest BCUT2D eigenvalue weighted by atomic mass is 16.3. The molecule has 2 unspecified atom stereocenters. The van der Waals surface area contributed by atoms with E-state index in [2.05, 4.69) is 37.1 Å². The lowest BCUT2D eigenvalue weighted by molar-refractivity contribution is 0.0414. The van der Waals surface area contributed by atoms with E-state index in [1.54, 1.807) is 6.26 Å². The smallest absolute Gasteiger partial charge is 0.105 e. The van der Waals surface area contributed by atoms with Gasteiger partial charge in [-0.05, 0) is 64.4 Å². The summed E-state index contributed by atoms with van der Waals surface area (Å²) in [6.07, 6.45) is 9.20. The molecule has 1 saturated heterocycles. The highest BCUT2D eigenvalue weighted by Gasteiger charge is 2.38. The van der Waals surface area contributed by atoms with Crippen molar-refractivity contribution in [2.75, 3.05) is 19.6 Å². The largest absolute Gasteiger partial charge is 0.469 e. The van der Waals surface area contributed by atoms with Gasteiger partial charge in [-0.25, -0.2) is 0 Å². The van der Waals surface area contributed by atoms with Crippen LogP contribution in [-0.4, -0.2) is 36.1 Å². The van der Waals surface area contributed by atoms with Gasteiger partial charge in [0.15, 0.2) is 0 Å².